The zero-order chi connectivity index (χ0) is 9.68. The van der Waals surface area contributed by atoms with E-state index in [1.54, 1.807) is 24.5 Å². The van der Waals surface area contributed by atoms with Gasteiger partial charge in [0.15, 0.2) is 0 Å². The Bertz CT molecular complexity index is 303. The van der Waals surface area contributed by atoms with Gasteiger partial charge >= 0.3 is 0 Å². The summed E-state index contributed by atoms with van der Waals surface area (Å²) >= 11 is 0. The molecule has 68 valence electrons. The number of benzene rings is 1. The molecule has 1 rings (SSSR count). The van der Waals surface area contributed by atoms with Gasteiger partial charge in [-0.3, -0.25) is 4.99 Å². The van der Waals surface area contributed by atoms with E-state index in [2.05, 4.69) is 11.7 Å². The lowest BCUT2D eigenvalue weighted by Crippen LogP contribution is -2.07. The van der Waals surface area contributed by atoms with E-state index in [4.69, 9.17) is 0 Å². The molecule has 0 saturated heterocycles. The molecule has 0 unspecified atom stereocenters. The van der Waals surface area contributed by atoms with Crippen molar-refractivity contribution in [3.05, 3.63) is 42.5 Å². The molecule has 0 aliphatic heterocycles. The second-order valence-corrected chi connectivity index (χ2v) is 2.57. The van der Waals surface area contributed by atoms with E-state index in [-0.39, 0.29) is 5.82 Å². The normalized spacial score (nSPS) is 10.3. The van der Waals surface area contributed by atoms with Crippen LogP contribution in [0.2, 0.25) is 0 Å². The summed E-state index contributed by atoms with van der Waals surface area (Å²) in [6, 6.07) is 6.23. The van der Waals surface area contributed by atoms with E-state index < -0.39 is 0 Å². The van der Waals surface area contributed by atoms with Crippen LogP contribution in [0.25, 0.3) is 0 Å². The molecule has 0 amide bonds. The van der Waals surface area contributed by atoms with Crippen molar-refractivity contribution in [3.63, 3.8) is 0 Å². The van der Waals surface area contributed by atoms with Gasteiger partial charge in [0.25, 0.3) is 0 Å². The van der Waals surface area contributed by atoms with E-state index in [1.807, 2.05) is 11.9 Å². The summed E-state index contributed by atoms with van der Waals surface area (Å²) in [6.07, 6.45) is 3.32. The van der Waals surface area contributed by atoms with Gasteiger partial charge in [0, 0.05) is 25.1 Å². The van der Waals surface area contributed by atoms with Crippen LogP contribution < -0.4 is 4.90 Å². The first kappa shape index (κ1) is 9.45. The van der Waals surface area contributed by atoms with Crippen LogP contribution in [-0.4, -0.2) is 13.8 Å². The van der Waals surface area contributed by atoms with Crippen LogP contribution in [0.1, 0.15) is 0 Å². The summed E-state index contributed by atoms with van der Waals surface area (Å²) < 4.78 is 12.5. The highest BCUT2D eigenvalue weighted by atomic mass is 19.1. The van der Waals surface area contributed by atoms with E-state index in [0.29, 0.717) is 0 Å². The summed E-state index contributed by atoms with van der Waals surface area (Å²) in [5, 5.41) is 0. The van der Waals surface area contributed by atoms with Crippen LogP contribution in [0, 0.1) is 5.82 Å². The Balaban J connectivity index is 2.77. The summed E-state index contributed by atoms with van der Waals surface area (Å²) in [5.74, 6) is -0.233. The molecule has 0 spiro atoms. The zero-order valence-corrected chi connectivity index (χ0v) is 7.44. The summed E-state index contributed by atoms with van der Waals surface area (Å²) in [6.45, 7) is 3.32. The lowest BCUT2D eigenvalue weighted by atomic mass is 10.3. The Kier molecular flexibility index (Phi) is 3.20. The number of aliphatic imine (C=N–C) groups is 1. The first-order valence-corrected chi connectivity index (χ1v) is 3.85. The van der Waals surface area contributed by atoms with Gasteiger partial charge in [-0.25, -0.2) is 4.39 Å². The van der Waals surface area contributed by atoms with Crippen molar-refractivity contribution < 1.29 is 4.39 Å². The van der Waals surface area contributed by atoms with Crippen LogP contribution in [0.4, 0.5) is 10.1 Å². The smallest absolute Gasteiger partial charge is 0.123 e. The lowest BCUT2D eigenvalue weighted by Gasteiger charge is -2.12. The maximum Gasteiger partial charge on any atom is 0.123 e. The largest absolute Gasteiger partial charge is 0.350 e. The lowest BCUT2D eigenvalue weighted by molar-refractivity contribution is 0.628. The SMILES string of the molecule is C=N/C=C\N(C)c1ccc(F)cc1. The fraction of sp³-hybridized carbons (Fsp3) is 0.100. The molecular formula is C10H11FN2. The minimum absolute atomic E-state index is 0.233. The summed E-state index contributed by atoms with van der Waals surface area (Å²) in [7, 11) is 1.86. The Morgan fingerprint density at radius 3 is 2.54 bits per heavy atom. The number of halogens is 1. The fourth-order valence-electron chi connectivity index (χ4n) is 0.909. The molecular weight excluding hydrogens is 167 g/mol. The number of rotatable bonds is 3. The Morgan fingerprint density at radius 1 is 1.38 bits per heavy atom. The molecule has 0 aliphatic carbocycles. The van der Waals surface area contributed by atoms with Crippen molar-refractivity contribution in [2.24, 2.45) is 4.99 Å². The zero-order valence-electron chi connectivity index (χ0n) is 7.44. The molecule has 0 aliphatic rings. The Morgan fingerprint density at radius 2 is 2.00 bits per heavy atom. The fourth-order valence-corrected chi connectivity index (χ4v) is 0.909. The minimum Gasteiger partial charge on any atom is -0.350 e. The standard InChI is InChI=1S/C10H11FN2/c1-12-7-8-13(2)10-5-3-9(11)4-6-10/h3-8H,1H2,2H3/b8-7-. The third-order valence-corrected chi connectivity index (χ3v) is 1.63. The highest BCUT2D eigenvalue weighted by Crippen LogP contribution is 2.12. The Hall–Kier alpha value is -1.64. The maximum absolute atomic E-state index is 12.5. The van der Waals surface area contributed by atoms with Crippen molar-refractivity contribution in [1.29, 1.82) is 0 Å². The van der Waals surface area contributed by atoms with Crippen molar-refractivity contribution in [2.75, 3.05) is 11.9 Å². The van der Waals surface area contributed by atoms with Crippen molar-refractivity contribution in [2.45, 2.75) is 0 Å². The second-order valence-electron chi connectivity index (χ2n) is 2.57. The maximum atomic E-state index is 12.5. The average molecular weight is 178 g/mol. The highest BCUT2D eigenvalue weighted by molar-refractivity contribution is 5.48. The van der Waals surface area contributed by atoms with Gasteiger partial charge in [-0.15, -0.1) is 0 Å². The molecule has 0 bridgehead atoms. The minimum atomic E-state index is -0.233. The monoisotopic (exact) mass is 178 g/mol. The number of hydrogen-bond donors (Lipinski definition) is 0. The van der Waals surface area contributed by atoms with Gasteiger partial charge in [-0.2, -0.15) is 0 Å². The Labute approximate surface area is 77.0 Å². The quantitative estimate of drug-likeness (QED) is 0.649. The third-order valence-electron chi connectivity index (χ3n) is 1.63. The topological polar surface area (TPSA) is 15.6 Å². The molecule has 0 saturated carbocycles. The third kappa shape index (κ3) is 2.71. The van der Waals surface area contributed by atoms with Crippen LogP contribution >= 0.6 is 0 Å². The highest BCUT2D eigenvalue weighted by Gasteiger charge is 1.95. The molecule has 1 aromatic carbocycles. The predicted octanol–water partition coefficient (Wildman–Crippen LogP) is 2.43. The van der Waals surface area contributed by atoms with Crippen molar-refractivity contribution >= 4 is 12.4 Å². The van der Waals surface area contributed by atoms with E-state index in [9.17, 15) is 4.39 Å². The van der Waals surface area contributed by atoms with E-state index in [0.717, 1.165) is 5.69 Å². The average Bonchev–Trinajstić information content (AvgIpc) is 2.15. The van der Waals surface area contributed by atoms with Gasteiger partial charge in [-0.1, -0.05) is 0 Å². The molecule has 0 aromatic heterocycles. The summed E-state index contributed by atoms with van der Waals surface area (Å²) in [5.41, 5.74) is 0.904. The first-order valence-electron chi connectivity index (χ1n) is 3.85. The van der Waals surface area contributed by atoms with Gasteiger partial charge < -0.3 is 4.90 Å². The first-order chi connectivity index (χ1) is 6.24. The molecule has 0 heterocycles. The molecule has 0 fully saturated rings. The van der Waals surface area contributed by atoms with Crippen LogP contribution in [0.5, 0.6) is 0 Å². The van der Waals surface area contributed by atoms with Gasteiger partial charge in [0.05, 0.1) is 0 Å². The van der Waals surface area contributed by atoms with E-state index >= 15 is 0 Å². The van der Waals surface area contributed by atoms with E-state index in [1.165, 1.54) is 12.1 Å². The van der Waals surface area contributed by atoms with Gasteiger partial charge in [0.1, 0.15) is 5.82 Å². The molecule has 3 heteroatoms. The molecule has 1 aromatic rings. The molecule has 13 heavy (non-hydrogen) atoms. The number of anilines is 1. The van der Waals surface area contributed by atoms with Crippen molar-refractivity contribution in [1.82, 2.24) is 0 Å². The van der Waals surface area contributed by atoms with Crippen LogP contribution in [0.15, 0.2) is 41.7 Å². The van der Waals surface area contributed by atoms with Gasteiger partial charge in [-0.05, 0) is 31.0 Å². The van der Waals surface area contributed by atoms with Gasteiger partial charge in [0.2, 0.25) is 0 Å². The predicted molar refractivity (Wildman–Crippen MR) is 53.5 cm³/mol. The molecule has 0 atom stereocenters. The molecule has 2 nitrogen and oxygen atoms in total. The summed E-state index contributed by atoms with van der Waals surface area (Å²) in [4.78, 5) is 5.40. The molecule has 0 radical (unpaired) electrons. The molecule has 0 N–H and O–H groups in total. The van der Waals surface area contributed by atoms with Crippen LogP contribution in [0.3, 0.4) is 0 Å². The second kappa shape index (κ2) is 4.40. The number of hydrogen-bond acceptors (Lipinski definition) is 2. The van der Waals surface area contributed by atoms with Crippen molar-refractivity contribution in [3.8, 4) is 0 Å². The number of nitrogens with zero attached hydrogens (tertiary/aromatic N) is 2. The van der Waals surface area contributed by atoms with Crippen LogP contribution in [-0.2, 0) is 0 Å².